The van der Waals surface area contributed by atoms with Gasteiger partial charge in [0.2, 0.25) is 5.91 Å². The molecule has 0 radical (unpaired) electrons. The number of nitrogens with one attached hydrogen (secondary N) is 1. The summed E-state index contributed by atoms with van der Waals surface area (Å²) in [6.45, 7) is 0.417. The summed E-state index contributed by atoms with van der Waals surface area (Å²) in [4.78, 5) is 12.2. The molecule has 1 aromatic carbocycles. The van der Waals surface area contributed by atoms with Gasteiger partial charge in [0, 0.05) is 13.0 Å². The molecule has 2 aliphatic carbocycles. The lowest BCUT2D eigenvalue weighted by atomic mass is 9.85. The van der Waals surface area contributed by atoms with Gasteiger partial charge >= 0.3 is 0 Å². The molecule has 1 fully saturated rings. The third kappa shape index (κ3) is 3.46. The van der Waals surface area contributed by atoms with Gasteiger partial charge in [0.15, 0.2) is 0 Å². The van der Waals surface area contributed by atoms with E-state index < -0.39 is 5.60 Å². The van der Waals surface area contributed by atoms with E-state index in [1.165, 1.54) is 17.5 Å². The largest absolute Gasteiger partial charge is 0.388 e. The van der Waals surface area contributed by atoms with Crippen molar-refractivity contribution >= 4 is 5.91 Å². The highest BCUT2D eigenvalue weighted by atomic mass is 16.3. The van der Waals surface area contributed by atoms with Crippen molar-refractivity contribution in [2.45, 2.75) is 62.9 Å². The molecule has 3 heteroatoms. The van der Waals surface area contributed by atoms with Crippen LogP contribution in [0, 0.1) is 0 Å². The fraction of sp³-hybridized carbons (Fsp3) is 0.611. The third-order valence-electron chi connectivity index (χ3n) is 5.09. The maximum atomic E-state index is 12.2. The molecule has 2 aliphatic rings. The fourth-order valence-corrected chi connectivity index (χ4v) is 3.80. The fourth-order valence-electron chi connectivity index (χ4n) is 3.80. The van der Waals surface area contributed by atoms with Crippen LogP contribution in [0.2, 0.25) is 0 Å². The number of benzene rings is 1. The molecule has 0 heterocycles. The summed E-state index contributed by atoms with van der Waals surface area (Å²) in [6, 6.07) is 8.44. The number of amides is 1. The summed E-state index contributed by atoms with van der Waals surface area (Å²) in [5.74, 6) is 0.429. The quantitative estimate of drug-likeness (QED) is 0.894. The van der Waals surface area contributed by atoms with Gasteiger partial charge < -0.3 is 10.4 Å². The number of carbonyl (C=O) groups excluding carboxylic acids is 1. The van der Waals surface area contributed by atoms with Crippen molar-refractivity contribution in [3.05, 3.63) is 35.4 Å². The second kappa shape index (κ2) is 6.18. The van der Waals surface area contributed by atoms with Gasteiger partial charge in [-0.15, -0.1) is 0 Å². The molecule has 2 N–H and O–H groups in total. The Labute approximate surface area is 126 Å². The molecule has 0 bridgehead atoms. The first-order valence-electron chi connectivity index (χ1n) is 8.23. The molecule has 114 valence electrons. The zero-order valence-electron chi connectivity index (χ0n) is 12.6. The van der Waals surface area contributed by atoms with Gasteiger partial charge in [-0.05, 0) is 42.7 Å². The zero-order valence-corrected chi connectivity index (χ0v) is 12.6. The molecule has 3 rings (SSSR count). The van der Waals surface area contributed by atoms with E-state index in [0.717, 1.165) is 38.5 Å². The molecule has 1 saturated carbocycles. The summed E-state index contributed by atoms with van der Waals surface area (Å²) in [6.07, 6.45) is 7.68. The standard InChI is InChI=1S/C18H25NO2/c20-17(19-13-18(21)10-4-1-5-11-18)12-15-9-8-14-6-2-3-7-16(14)15/h2-3,6-7,15,21H,1,4-5,8-13H2,(H,19,20)/t15-/m0/s1. The molecule has 0 spiro atoms. The van der Waals surface area contributed by atoms with Gasteiger partial charge in [0.25, 0.3) is 0 Å². The molecule has 1 aromatic rings. The van der Waals surface area contributed by atoms with Crippen LogP contribution < -0.4 is 5.32 Å². The van der Waals surface area contributed by atoms with Crippen molar-refractivity contribution in [1.82, 2.24) is 5.32 Å². The Bertz CT molecular complexity index is 506. The lowest BCUT2D eigenvalue weighted by molar-refractivity contribution is -0.123. The Morgan fingerprint density at radius 1 is 1.24 bits per heavy atom. The lowest BCUT2D eigenvalue weighted by Gasteiger charge is -2.32. The average molecular weight is 287 g/mol. The van der Waals surface area contributed by atoms with E-state index in [1.807, 2.05) is 0 Å². The van der Waals surface area contributed by atoms with E-state index in [1.54, 1.807) is 0 Å². The smallest absolute Gasteiger partial charge is 0.220 e. The minimum atomic E-state index is -0.665. The molecule has 1 amide bonds. The van der Waals surface area contributed by atoms with Gasteiger partial charge in [-0.3, -0.25) is 4.79 Å². The van der Waals surface area contributed by atoms with Crippen LogP contribution in [0.1, 0.15) is 62.0 Å². The van der Waals surface area contributed by atoms with Crippen molar-refractivity contribution in [2.75, 3.05) is 6.54 Å². The predicted octanol–water partition coefficient (Wildman–Crippen LogP) is 2.92. The normalized spacial score (nSPS) is 23.6. The number of aryl methyl sites for hydroxylation is 1. The van der Waals surface area contributed by atoms with Crippen molar-refractivity contribution < 1.29 is 9.90 Å². The second-order valence-corrected chi connectivity index (χ2v) is 6.70. The van der Waals surface area contributed by atoms with Gasteiger partial charge in [0.1, 0.15) is 0 Å². The van der Waals surface area contributed by atoms with Crippen LogP contribution in [0.25, 0.3) is 0 Å². The molecular weight excluding hydrogens is 262 g/mol. The Kier molecular flexibility index (Phi) is 4.29. The zero-order chi connectivity index (χ0) is 14.7. The van der Waals surface area contributed by atoms with E-state index >= 15 is 0 Å². The van der Waals surface area contributed by atoms with Gasteiger partial charge in [-0.25, -0.2) is 0 Å². The molecular formula is C18H25NO2. The van der Waals surface area contributed by atoms with Crippen LogP contribution in [-0.2, 0) is 11.2 Å². The Morgan fingerprint density at radius 3 is 2.81 bits per heavy atom. The van der Waals surface area contributed by atoms with Crippen molar-refractivity contribution in [1.29, 1.82) is 0 Å². The number of aliphatic hydroxyl groups is 1. The SMILES string of the molecule is O=C(C[C@@H]1CCc2ccccc21)NCC1(O)CCCCC1. The molecule has 0 unspecified atom stereocenters. The van der Waals surface area contributed by atoms with E-state index in [9.17, 15) is 9.90 Å². The molecule has 1 atom stereocenters. The van der Waals surface area contributed by atoms with Crippen LogP contribution >= 0.6 is 0 Å². The molecule has 0 aromatic heterocycles. The number of hydrogen-bond acceptors (Lipinski definition) is 2. The predicted molar refractivity (Wildman–Crippen MR) is 83.2 cm³/mol. The van der Waals surface area contributed by atoms with E-state index in [-0.39, 0.29) is 5.91 Å². The summed E-state index contributed by atoms with van der Waals surface area (Å²) < 4.78 is 0. The van der Waals surface area contributed by atoms with Gasteiger partial charge in [0.05, 0.1) is 5.60 Å². The van der Waals surface area contributed by atoms with Crippen LogP contribution in [0.4, 0.5) is 0 Å². The van der Waals surface area contributed by atoms with Crippen molar-refractivity contribution in [3.8, 4) is 0 Å². The summed E-state index contributed by atoms with van der Waals surface area (Å²) >= 11 is 0. The second-order valence-electron chi connectivity index (χ2n) is 6.70. The van der Waals surface area contributed by atoms with Crippen LogP contribution in [0.15, 0.2) is 24.3 Å². The molecule has 3 nitrogen and oxygen atoms in total. The number of fused-ring (bicyclic) bond motifs is 1. The van der Waals surface area contributed by atoms with E-state index in [4.69, 9.17) is 0 Å². The topological polar surface area (TPSA) is 49.3 Å². The average Bonchev–Trinajstić information content (AvgIpc) is 2.90. The summed E-state index contributed by atoms with van der Waals surface area (Å²) in [5, 5.41) is 13.4. The van der Waals surface area contributed by atoms with Crippen LogP contribution in [0.5, 0.6) is 0 Å². The minimum Gasteiger partial charge on any atom is -0.388 e. The molecule has 0 saturated heterocycles. The maximum absolute atomic E-state index is 12.2. The Morgan fingerprint density at radius 2 is 2.00 bits per heavy atom. The Balaban J connectivity index is 1.51. The monoisotopic (exact) mass is 287 g/mol. The van der Waals surface area contributed by atoms with E-state index in [0.29, 0.717) is 18.9 Å². The highest BCUT2D eigenvalue weighted by Crippen LogP contribution is 2.35. The first-order valence-corrected chi connectivity index (χ1v) is 8.23. The first-order chi connectivity index (χ1) is 10.2. The highest BCUT2D eigenvalue weighted by Gasteiger charge is 2.30. The number of rotatable bonds is 4. The maximum Gasteiger partial charge on any atom is 0.220 e. The third-order valence-corrected chi connectivity index (χ3v) is 5.09. The van der Waals surface area contributed by atoms with Crippen molar-refractivity contribution in [3.63, 3.8) is 0 Å². The molecule has 21 heavy (non-hydrogen) atoms. The summed E-state index contributed by atoms with van der Waals surface area (Å²) in [5.41, 5.74) is 2.06. The van der Waals surface area contributed by atoms with Gasteiger partial charge in [-0.1, -0.05) is 43.5 Å². The van der Waals surface area contributed by atoms with Gasteiger partial charge in [-0.2, -0.15) is 0 Å². The van der Waals surface area contributed by atoms with E-state index in [2.05, 4.69) is 29.6 Å². The lowest BCUT2D eigenvalue weighted by Crippen LogP contribution is -2.44. The molecule has 0 aliphatic heterocycles. The highest BCUT2D eigenvalue weighted by molar-refractivity contribution is 5.77. The minimum absolute atomic E-state index is 0.0794. The van der Waals surface area contributed by atoms with Crippen LogP contribution in [0.3, 0.4) is 0 Å². The number of hydrogen-bond donors (Lipinski definition) is 2. The Hall–Kier alpha value is -1.35. The van der Waals surface area contributed by atoms with Crippen LogP contribution in [-0.4, -0.2) is 23.2 Å². The number of carbonyl (C=O) groups is 1. The van der Waals surface area contributed by atoms with Crippen molar-refractivity contribution in [2.24, 2.45) is 0 Å². The first kappa shape index (κ1) is 14.6. The summed E-state index contributed by atoms with van der Waals surface area (Å²) in [7, 11) is 0.